The molecule has 0 aliphatic carbocycles. The summed E-state index contributed by atoms with van der Waals surface area (Å²) in [6.07, 6.45) is -0.396. The van der Waals surface area contributed by atoms with Crippen LogP contribution >= 0.6 is 22.7 Å². The quantitative estimate of drug-likeness (QED) is 0.858. The van der Waals surface area contributed by atoms with E-state index < -0.39 is 6.10 Å². The Hall–Kier alpha value is -0.680. The average Bonchev–Trinajstić information content (AvgIpc) is 2.89. The van der Waals surface area contributed by atoms with Crippen molar-refractivity contribution < 1.29 is 5.11 Å². The minimum atomic E-state index is -0.396. The van der Waals surface area contributed by atoms with Gasteiger partial charge < -0.3 is 10.4 Å². The molecule has 2 rings (SSSR count). The van der Waals surface area contributed by atoms with Crippen molar-refractivity contribution in [3.63, 3.8) is 0 Å². The lowest BCUT2D eigenvalue weighted by Gasteiger charge is -2.09. The van der Waals surface area contributed by atoms with Gasteiger partial charge in [-0.3, -0.25) is 0 Å². The Morgan fingerprint density at radius 1 is 1.38 bits per heavy atom. The number of aliphatic hydroxyl groups excluding tert-OH is 1. The summed E-state index contributed by atoms with van der Waals surface area (Å²) in [6.45, 7) is 3.54. The molecule has 1 unspecified atom stereocenters. The molecule has 2 heterocycles. The number of aliphatic hydroxyl groups is 1. The Bertz CT molecular complexity index is 422. The zero-order valence-electron chi connectivity index (χ0n) is 9.14. The third kappa shape index (κ3) is 3.15. The topological polar surface area (TPSA) is 32.3 Å². The molecule has 2 N–H and O–H groups in total. The summed E-state index contributed by atoms with van der Waals surface area (Å²) in [6, 6.07) is 6.22. The largest absolute Gasteiger partial charge is 0.387 e. The lowest BCUT2D eigenvalue weighted by molar-refractivity contribution is 0.175. The van der Waals surface area contributed by atoms with E-state index in [1.54, 1.807) is 22.7 Å². The normalized spacial score (nSPS) is 12.9. The monoisotopic (exact) mass is 253 g/mol. The van der Waals surface area contributed by atoms with Gasteiger partial charge in [-0.2, -0.15) is 11.3 Å². The molecule has 16 heavy (non-hydrogen) atoms. The van der Waals surface area contributed by atoms with Crippen LogP contribution in [0.4, 0.5) is 0 Å². The van der Waals surface area contributed by atoms with E-state index in [1.165, 1.54) is 9.75 Å². The van der Waals surface area contributed by atoms with E-state index in [1.807, 2.05) is 16.8 Å². The molecule has 0 bridgehead atoms. The Morgan fingerprint density at radius 2 is 2.25 bits per heavy atom. The Labute approximate surface area is 104 Å². The minimum absolute atomic E-state index is 0.396. The number of thiophene rings is 2. The molecule has 2 aromatic heterocycles. The van der Waals surface area contributed by atoms with E-state index >= 15 is 0 Å². The maximum atomic E-state index is 9.84. The fourth-order valence-corrected chi connectivity index (χ4v) is 3.06. The van der Waals surface area contributed by atoms with Crippen molar-refractivity contribution in [1.82, 2.24) is 5.32 Å². The summed E-state index contributed by atoms with van der Waals surface area (Å²) in [5, 5.41) is 17.1. The number of aryl methyl sites for hydroxylation is 1. The standard InChI is InChI=1S/C12H15NOS2/c1-9-2-3-11(16-9)6-13-7-12(14)10-4-5-15-8-10/h2-5,8,12-14H,6-7H2,1H3. The summed E-state index contributed by atoms with van der Waals surface area (Å²) in [4.78, 5) is 2.64. The van der Waals surface area contributed by atoms with Crippen LogP contribution in [0, 0.1) is 6.92 Å². The van der Waals surface area contributed by atoms with Crippen LogP contribution in [0.3, 0.4) is 0 Å². The second kappa shape index (κ2) is 5.59. The number of hydrogen-bond acceptors (Lipinski definition) is 4. The molecule has 0 amide bonds. The zero-order chi connectivity index (χ0) is 11.4. The van der Waals surface area contributed by atoms with Crippen LogP contribution < -0.4 is 5.32 Å². The van der Waals surface area contributed by atoms with Gasteiger partial charge in [0.25, 0.3) is 0 Å². The van der Waals surface area contributed by atoms with Crippen LogP contribution in [0.5, 0.6) is 0 Å². The predicted octanol–water partition coefficient (Wildman–Crippen LogP) is 2.94. The Balaban J connectivity index is 1.76. The first-order valence-corrected chi connectivity index (χ1v) is 6.98. The molecule has 4 heteroatoms. The smallest absolute Gasteiger partial charge is 0.0922 e. The second-order valence-corrected chi connectivity index (χ2v) is 5.87. The van der Waals surface area contributed by atoms with Crippen LogP contribution in [0.25, 0.3) is 0 Å². The Morgan fingerprint density at radius 3 is 2.88 bits per heavy atom. The van der Waals surface area contributed by atoms with Gasteiger partial charge in [-0.05, 0) is 41.4 Å². The highest BCUT2D eigenvalue weighted by Gasteiger charge is 2.07. The molecule has 0 aromatic carbocycles. The summed E-state index contributed by atoms with van der Waals surface area (Å²) in [5.41, 5.74) is 1.000. The van der Waals surface area contributed by atoms with Crippen molar-refractivity contribution in [3.8, 4) is 0 Å². The zero-order valence-corrected chi connectivity index (χ0v) is 10.8. The summed E-state index contributed by atoms with van der Waals surface area (Å²) in [5.74, 6) is 0. The molecule has 0 radical (unpaired) electrons. The third-order valence-electron chi connectivity index (χ3n) is 2.36. The molecule has 0 aliphatic heterocycles. The van der Waals surface area contributed by atoms with Gasteiger partial charge in [-0.15, -0.1) is 11.3 Å². The number of hydrogen-bond donors (Lipinski definition) is 2. The first-order chi connectivity index (χ1) is 7.75. The fraction of sp³-hybridized carbons (Fsp3) is 0.333. The fourth-order valence-electron chi connectivity index (χ4n) is 1.49. The average molecular weight is 253 g/mol. The van der Waals surface area contributed by atoms with E-state index in [-0.39, 0.29) is 0 Å². The molecule has 86 valence electrons. The molecule has 0 saturated heterocycles. The minimum Gasteiger partial charge on any atom is -0.387 e. The van der Waals surface area contributed by atoms with Gasteiger partial charge >= 0.3 is 0 Å². The summed E-state index contributed by atoms with van der Waals surface area (Å²) < 4.78 is 0. The second-order valence-electron chi connectivity index (χ2n) is 3.72. The maximum Gasteiger partial charge on any atom is 0.0922 e. The van der Waals surface area contributed by atoms with Gasteiger partial charge in [0.05, 0.1) is 6.10 Å². The van der Waals surface area contributed by atoms with E-state index in [9.17, 15) is 5.11 Å². The van der Waals surface area contributed by atoms with Crippen molar-refractivity contribution in [1.29, 1.82) is 0 Å². The molecule has 2 nitrogen and oxygen atoms in total. The Kier molecular flexibility index (Phi) is 4.12. The summed E-state index contributed by atoms with van der Waals surface area (Å²) >= 11 is 3.41. The van der Waals surface area contributed by atoms with Crippen LogP contribution in [-0.2, 0) is 6.54 Å². The van der Waals surface area contributed by atoms with Crippen molar-refractivity contribution in [2.24, 2.45) is 0 Å². The maximum absolute atomic E-state index is 9.84. The van der Waals surface area contributed by atoms with E-state index in [0.29, 0.717) is 6.54 Å². The van der Waals surface area contributed by atoms with Gasteiger partial charge in [-0.25, -0.2) is 0 Å². The first-order valence-electron chi connectivity index (χ1n) is 5.22. The van der Waals surface area contributed by atoms with Crippen molar-refractivity contribution >= 4 is 22.7 Å². The highest BCUT2D eigenvalue weighted by Crippen LogP contribution is 2.17. The lowest BCUT2D eigenvalue weighted by atomic mass is 10.2. The van der Waals surface area contributed by atoms with Gasteiger partial charge in [-0.1, -0.05) is 0 Å². The molecule has 0 spiro atoms. The molecule has 1 atom stereocenters. The predicted molar refractivity (Wildman–Crippen MR) is 70.0 cm³/mol. The van der Waals surface area contributed by atoms with Crippen LogP contribution in [0.1, 0.15) is 21.4 Å². The lowest BCUT2D eigenvalue weighted by Crippen LogP contribution is -2.20. The van der Waals surface area contributed by atoms with E-state index in [4.69, 9.17) is 0 Å². The SMILES string of the molecule is Cc1ccc(CNCC(O)c2ccsc2)s1. The van der Waals surface area contributed by atoms with Crippen LogP contribution in [-0.4, -0.2) is 11.7 Å². The first kappa shape index (κ1) is 11.8. The molecule has 0 fully saturated rings. The molecule has 0 aliphatic rings. The molecular weight excluding hydrogens is 238 g/mol. The van der Waals surface area contributed by atoms with E-state index in [2.05, 4.69) is 24.4 Å². The third-order valence-corrected chi connectivity index (χ3v) is 4.06. The van der Waals surface area contributed by atoms with Gasteiger partial charge in [0.2, 0.25) is 0 Å². The number of nitrogens with one attached hydrogen (secondary N) is 1. The van der Waals surface area contributed by atoms with Crippen LogP contribution in [0.15, 0.2) is 29.0 Å². The highest BCUT2D eigenvalue weighted by molar-refractivity contribution is 7.11. The molecule has 0 saturated carbocycles. The van der Waals surface area contributed by atoms with Gasteiger partial charge in [0.1, 0.15) is 0 Å². The van der Waals surface area contributed by atoms with Gasteiger partial charge in [0, 0.05) is 22.8 Å². The molecular formula is C12H15NOS2. The van der Waals surface area contributed by atoms with E-state index in [0.717, 1.165) is 12.1 Å². The van der Waals surface area contributed by atoms with Gasteiger partial charge in [0.15, 0.2) is 0 Å². The van der Waals surface area contributed by atoms with Crippen molar-refractivity contribution in [2.45, 2.75) is 19.6 Å². The highest BCUT2D eigenvalue weighted by atomic mass is 32.1. The van der Waals surface area contributed by atoms with Crippen LogP contribution in [0.2, 0.25) is 0 Å². The van der Waals surface area contributed by atoms with Crippen molar-refractivity contribution in [3.05, 3.63) is 44.3 Å². The molecule has 2 aromatic rings. The number of rotatable bonds is 5. The van der Waals surface area contributed by atoms with Crippen molar-refractivity contribution in [2.75, 3.05) is 6.54 Å². The summed E-state index contributed by atoms with van der Waals surface area (Å²) in [7, 11) is 0.